The van der Waals surface area contributed by atoms with Crippen LogP contribution in [0, 0.1) is 5.92 Å². The van der Waals surface area contributed by atoms with Crippen molar-refractivity contribution in [2.45, 2.75) is 31.4 Å². The van der Waals surface area contributed by atoms with Crippen LogP contribution >= 0.6 is 0 Å². The molecule has 3 fully saturated rings. The average Bonchev–Trinajstić information content (AvgIpc) is 3.62. The molecule has 6 nitrogen and oxygen atoms in total. The molecule has 3 aliphatic rings. The number of fused-ring (bicyclic) bond motifs is 1. The first-order chi connectivity index (χ1) is 16.1. The van der Waals surface area contributed by atoms with Gasteiger partial charge in [0.05, 0.1) is 11.2 Å². The lowest BCUT2D eigenvalue weighted by atomic mass is 9.87. The zero-order chi connectivity index (χ0) is 22.4. The summed E-state index contributed by atoms with van der Waals surface area (Å²) >= 11 is 0. The first-order valence-corrected chi connectivity index (χ1v) is 12.1. The van der Waals surface area contributed by atoms with E-state index in [9.17, 15) is 4.79 Å². The second-order valence-electron chi connectivity index (χ2n) is 9.68. The summed E-state index contributed by atoms with van der Waals surface area (Å²) in [6.45, 7) is 4.49. The maximum Gasteiger partial charge on any atom is 0.225 e. The third-order valence-corrected chi connectivity index (χ3v) is 7.41. The SMILES string of the molecule is O=C(C1CC1)N1CCN(c2ccnn3cc(-c4ccc([C@@]5(F)CCCNC5)cc4)cc23)CC1. The average molecular weight is 448 g/mol. The molecule has 2 aromatic heterocycles. The molecule has 1 saturated carbocycles. The highest BCUT2D eigenvalue weighted by Crippen LogP contribution is 2.35. The number of benzene rings is 1. The molecule has 3 aromatic rings. The van der Waals surface area contributed by atoms with Gasteiger partial charge in [0.25, 0.3) is 0 Å². The standard InChI is InChI=1S/C26H30FN5O/c27-26(9-1-10-28-18-26)22-6-4-19(5-7-22)21-16-24-23(8-11-29-32(24)17-21)30-12-14-31(15-13-30)25(33)20-2-3-20/h4-8,11,16-17,20,28H,1-3,9-10,12-15,18H2/t26-/m1/s1. The Hall–Kier alpha value is -2.93. The Morgan fingerprint density at radius 1 is 1.06 bits per heavy atom. The predicted molar refractivity (Wildman–Crippen MR) is 127 cm³/mol. The monoisotopic (exact) mass is 447 g/mol. The number of nitrogens with one attached hydrogen (secondary N) is 1. The highest BCUT2D eigenvalue weighted by Gasteiger charge is 2.35. The maximum atomic E-state index is 15.3. The molecule has 1 aliphatic carbocycles. The third-order valence-electron chi connectivity index (χ3n) is 7.41. The minimum Gasteiger partial charge on any atom is -0.366 e. The topological polar surface area (TPSA) is 52.9 Å². The highest BCUT2D eigenvalue weighted by molar-refractivity contribution is 5.82. The molecule has 2 saturated heterocycles. The molecule has 7 heteroatoms. The summed E-state index contributed by atoms with van der Waals surface area (Å²) in [5.41, 5.74) is 3.79. The van der Waals surface area contributed by atoms with Crippen molar-refractivity contribution >= 4 is 17.1 Å². The zero-order valence-corrected chi connectivity index (χ0v) is 18.8. The second kappa shape index (κ2) is 8.13. The first-order valence-electron chi connectivity index (χ1n) is 12.1. The van der Waals surface area contributed by atoms with Gasteiger partial charge >= 0.3 is 0 Å². The largest absolute Gasteiger partial charge is 0.366 e. The fourth-order valence-electron chi connectivity index (χ4n) is 5.26. The van der Waals surface area contributed by atoms with Crippen molar-refractivity contribution in [1.82, 2.24) is 19.8 Å². The van der Waals surface area contributed by atoms with Crippen molar-refractivity contribution < 1.29 is 9.18 Å². The van der Waals surface area contributed by atoms with E-state index in [-0.39, 0.29) is 5.92 Å². The fourth-order valence-corrected chi connectivity index (χ4v) is 5.26. The Morgan fingerprint density at radius 3 is 2.55 bits per heavy atom. The maximum absolute atomic E-state index is 15.3. The second-order valence-corrected chi connectivity index (χ2v) is 9.68. The van der Waals surface area contributed by atoms with E-state index in [4.69, 9.17) is 0 Å². The molecule has 33 heavy (non-hydrogen) atoms. The van der Waals surface area contributed by atoms with Gasteiger partial charge in [0.2, 0.25) is 5.91 Å². The van der Waals surface area contributed by atoms with E-state index in [1.54, 1.807) is 0 Å². The number of carbonyl (C=O) groups is 1. The van der Waals surface area contributed by atoms with Crippen LogP contribution in [-0.4, -0.2) is 59.7 Å². The molecule has 0 spiro atoms. The highest BCUT2D eigenvalue weighted by atomic mass is 19.1. The third kappa shape index (κ3) is 3.88. The molecule has 1 amide bonds. The number of anilines is 1. The van der Waals surface area contributed by atoms with E-state index < -0.39 is 5.67 Å². The number of halogens is 1. The molecule has 1 aromatic carbocycles. The molecule has 6 rings (SSSR count). The Morgan fingerprint density at radius 2 is 1.85 bits per heavy atom. The van der Waals surface area contributed by atoms with Gasteiger partial charge in [-0.25, -0.2) is 8.91 Å². The number of nitrogens with zero attached hydrogens (tertiary/aromatic N) is 4. The summed E-state index contributed by atoms with van der Waals surface area (Å²) in [5.74, 6) is 0.618. The summed E-state index contributed by atoms with van der Waals surface area (Å²) in [7, 11) is 0. The number of carbonyl (C=O) groups excluding carboxylic acids is 1. The Balaban J connectivity index is 1.22. The molecule has 1 atom stereocenters. The van der Waals surface area contributed by atoms with Crippen LogP contribution in [0.3, 0.4) is 0 Å². The number of piperidine rings is 1. The van der Waals surface area contributed by atoms with Gasteiger partial charge in [0, 0.05) is 56.6 Å². The van der Waals surface area contributed by atoms with Crippen LogP contribution in [0.1, 0.15) is 31.2 Å². The summed E-state index contributed by atoms with van der Waals surface area (Å²) in [4.78, 5) is 16.8. The fraction of sp³-hybridized carbons (Fsp3) is 0.462. The van der Waals surface area contributed by atoms with Crippen LogP contribution in [0.4, 0.5) is 10.1 Å². The minimum absolute atomic E-state index is 0.283. The van der Waals surface area contributed by atoms with Gasteiger partial charge < -0.3 is 15.1 Å². The summed E-state index contributed by atoms with van der Waals surface area (Å²) < 4.78 is 17.2. The molecule has 0 unspecified atom stereocenters. The lowest BCUT2D eigenvalue weighted by Crippen LogP contribution is -2.49. The zero-order valence-electron chi connectivity index (χ0n) is 18.8. The molecule has 4 heterocycles. The van der Waals surface area contributed by atoms with Crippen LogP contribution in [0.5, 0.6) is 0 Å². The quantitative estimate of drug-likeness (QED) is 0.664. The molecule has 172 valence electrons. The van der Waals surface area contributed by atoms with Crippen LogP contribution in [0.15, 0.2) is 48.8 Å². The van der Waals surface area contributed by atoms with Gasteiger partial charge in [-0.2, -0.15) is 5.10 Å². The van der Waals surface area contributed by atoms with Crippen LogP contribution < -0.4 is 10.2 Å². The van der Waals surface area contributed by atoms with Crippen molar-refractivity contribution in [3.8, 4) is 11.1 Å². The predicted octanol–water partition coefficient (Wildman–Crippen LogP) is 3.61. The summed E-state index contributed by atoms with van der Waals surface area (Å²) in [5, 5.41) is 7.70. The Kier molecular flexibility index (Phi) is 5.09. The minimum atomic E-state index is -1.28. The van der Waals surface area contributed by atoms with Crippen molar-refractivity contribution in [1.29, 1.82) is 0 Å². The lowest BCUT2D eigenvalue weighted by Gasteiger charge is -2.36. The van der Waals surface area contributed by atoms with Gasteiger partial charge in [-0.15, -0.1) is 0 Å². The van der Waals surface area contributed by atoms with E-state index in [0.717, 1.165) is 79.9 Å². The number of amides is 1. The van der Waals surface area contributed by atoms with Crippen molar-refractivity contribution in [2.75, 3.05) is 44.2 Å². The molecule has 0 bridgehead atoms. The Labute approximate surface area is 193 Å². The number of hydrogen-bond acceptors (Lipinski definition) is 4. The lowest BCUT2D eigenvalue weighted by molar-refractivity contribution is -0.132. The van der Waals surface area contributed by atoms with Crippen LogP contribution in [0.25, 0.3) is 16.6 Å². The number of hydrogen-bond donors (Lipinski definition) is 1. The van der Waals surface area contributed by atoms with Crippen LogP contribution in [0.2, 0.25) is 0 Å². The first kappa shape index (κ1) is 20.7. The van der Waals surface area contributed by atoms with E-state index in [1.165, 1.54) is 0 Å². The van der Waals surface area contributed by atoms with Crippen molar-refractivity contribution in [3.63, 3.8) is 0 Å². The summed E-state index contributed by atoms with van der Waals surface area (Å²) in [6.07, 6.45) is 7.42. The summed E-state index contributed by atoms with van der Waals surface area (Å²) in [6, 6.07) is 12.1. The molecule has 1 N–H and O–H groups in total. The van der Waals surface area contributed by atoms with Gasteiger partial charge in [-0.1, -0.05) is 24.3 Å². The number of rotatable bonds is 4. The van der Waals surface area contributed by atoms with E-state index >= 15 is 4.39 Å². The van der Waals surface area contributed by atoms with Gasteiger partial charge in [0.15, 0.2) is 0 Å². The smallest absolute Gasteiger partial charge is 0.225 e. The van der Waals surface area contributed by atoms with Crippen molar-refractivity contribution in [3.05, 3.63) is 54.4 Å². The van der Waals surface area contributed by atoms with Crippen molar-refractivity contribution in [2.24, 2.45) is 5.92 Å². The van der Waals surface area contributed by atoms with Gasteiger partial charge in [-0.3, -0.25) is 4.79 Å². The number of piperazine rings is 1. The Bertz CT molecular complexity index is 1160. The molecular weight excluding hydrogens is 417 g/mol. The van der Waals surface area contributed by atoms with Gasteiger partial charge in [-0.05, 0) is 55.5 Å². The van der Waals surface area contributed by atoms with E-state index in [1.807, 2.05) is 46.1 Å². The molecule has 2 aliphatic heterocycles. The molecular formula is C26H30FN5O. The van der Waals surface area contributed by atoms with Crippen LogP contribution in [-0.2, 0) is 10.5 Å². The van der Waals surface area contributed by atoms with E-state index in [2.05, 4.69) is 27.4 Å². The van der Waals surface area contributed by atoms with Gasteiger partial charge in [0.1, 0.15) is 5.67 Å². The molecule has 0 radical (unpaired) electrons. The number of alkyl halides is 1. The van der Waals surface area contributed by atoms with E-state index in [0.29, 0.717) is 18.9 Å². The number of aromatic nitrogens is 2. The normalized spacial score (nSPS) is 23.8.